The van der Waals surface area contributed by atoms with Crippen LogP contribution in [0.2, 0.25) is 0 Å². The fourth-order valence-corrected chi connectivity index (χ4v) is 3.24. The first-order valence-corrected chi connectivity index (χ1v) is 8.91. The van der Waals surface area contributed by atoms with Gasteiger partial charge in [-0.1, -0.05) is 6.07 Å². The molecule has 0 saturated carbocycles. The zero-order valence-corrected chi connectivity index (χ0v) is 15.0. The topological polar surface area (TPSA) is 44.6 Å². The van der Waals surface area contributed by atoms with E-state index in [4.69, 9.17) is 4.99 Å². The smallest absolute Gasteiger partial charge is 0.191 e. The fourth-order valence-electron chi connectivity index (χ4n) is 2.33. The molecule has 2 aromatic heterocycles. The second kappa shape index (κ2) is 9.37. The largest absolute Gasteiger partial charge is 0.357 e. The second-order valence-electron chi connectivity index (χ2n) is 5.56. The zero-order valence-electron chi connectivity index (χ0n) is 14.2. The van der Waals surface area contributed by atoms with Gasteiger partial charge in [0.25, 0.3) is 0 Å². The van der Waals surface area contributed by atoms with Gasteiger partial charge in [0.15, 0.2) is 5.96 Å². The number of aromatic nitrogens is 1. The average Bonchev–Trinajstić information content (AvgIpc) is 3.20. The maximum atomic E-state index is 4.76. The summed E-state index contributed by atoms with van der Waals surface area (Å²) in [5.41, 5.74) is 0. The highest BCUT2D eigenvalue weighted by molar-refractivity contribution is 7.10. The Morgan fingerprint density at radius 3 is 2.65 bits per heavy atom. The van der Waals surface area contributed by atoms with Gasteiger partial charge in [0.05, 0.1) is 12.6 Å². The summed E-state index contributed by atoms with van der Waals surface area (Å²) in [5.74, 6) is 0.878. The summed E-state index contributed by atoms with van der Waals surface area (Å²) in [6.45, 7) is 5.48. The van der Waals surface area contributed by atoms with Gasteiger partial charge in [-0.15, -0.1) is 11.3 Å². The minimum Gasteiger partial charge on any atom is -0.357 e. The maximum Gasteiger partial charge on any atom is 0.191 e. The highest BCUT2D eigenvalue weighted by atomic mass is 32.1. The lowest BCUT2D eigenvalue weighted by atomic mass is 10.2. The van der Waals surface area contributed by atoms with E-state index in [1.165, 1.54) is 4.88 Å². The molecule has 2 aromatic rings. The molecule has 23 heavy (non-hydrogen) atoms. The Morgan fingerprint density at radius 1 is 1.26 bits per heavy atom. The molecule has 2 N–H and O–H groups in total. The van der Waals surface area contributed by atoms with Crippen molar-refractivity contribution in [3.63, 3.8) is 0 Å². The Morgan fingerprint density at radius 2 is 2.04 bits per heavy atom. The van der Waals surface area contributed by atoms with Crippen LogP contribution >= 0.6 is 11.3 Å². The number of likely N-dealkylation sites (N-methyl/N-ethyl adjacent to an activating group) is 1. The Hall–Kier alpha value is -1.79. The monoisotopic (exact) mass is 333 g/mol. The van der Waals surface area contributed by atoms with Crippen molar-refractivity contribution in [2.75, 3.05) is 33.7 Å². The summed E-state index contributed by atoms with van der Waals surface area (Å²) in [5, 5.41) is 8.84. The molecule has 0 aliphatic heterocycles. The minimum absolute atomic E-state index is 0.315. The van der Waals surface area contributed by atoms with Gasteiger partial charge in [-0.25, -0.2) is 0 Å². The van der Waals surface area contributed by atoms with E-state index in [0.29, 0.717) is 6.04 Å². The van der Waals surface area contributed by atoms with Crippen molar-refractivity contribution in [1.29, 1.82) is 0 Å². The van der Waals surface area contributed by atoms with Crippen LogP contribution in [0.4, 0.5) is 0 Å². The number of aliphatic imine (C=N–C) groups is 1. The van der Waals surface area contributed by atoms with Crippen LogP contribution in [-0.4, -0.2) is 49.2 Å². The summed E-state index contributed by atoms with van der Waals surface area (Å²) in [6.07, 6.45) is 4.15. The summed E-state index contributed by atoms with van der Waals surface area (Å²) in [4.78, 5) is 8.33. The predicted octanol–water partition coefficient (Wildman–Crippen LogP) is 2.41. The second-order valence-corrected chi connectivity index (χ2v) is 6.54. The fraction of sp³-hybridized carbons (Fsp3) is 0.471. The Bertz CT molecular complexity index is 560. The number of nitrogens with one attached hydrogen (secondary N) is 2. The van der Waals surface area contributed by atoms with Crippen molar-refractivity contribution >= 4 is 17.3 Å². The molecule has 0 saturated heterocycles. The van der Waals surface area contributed by atoms with E-state index in [1.54, 1.807) is 11.3 Å². The summed E-state index contributed by atoms with van der Waals surface area (Å²) in [7, 11) is 4.21. The quantitative estimate of drug-likeness (QED) is 0.576. The zero-order chi connectivity index (χ0) is 16.5. The van der Waals surface area contributed by atoms with Crippen LogP contribution in [0.15, 0.2) is 47.0 Å². The Labute approximate surface area is 143 Å². The van der Waals surface area contributed by atoms with Gasteiger partial charge in [-0.05, 0) is 44.6 Å². The molecule has 0 bridgehead atoms. The van der Waals surface area contributed by atoms with Crippen LogP contribution in [0, 0.1) is 0 Å². The molecule has 1 atom stereocenters. The molecule has 0 aliphatic carbocycles. The van der Waals surface area contributed by atoms with Gasteiger partial charge in [-0.3, -0.25) is 4.99 Å². The van der Waals surface area contributed by atoms with Gasteiger partial charge in [0, 0.05) is 36.9 Å². The number of nitrogens with zero attached hydrogens (tertiary/aromatic N) is 3. The van der Waals surface area contributed by atoms with Gasteiger partial charge in [0.1, 0.15) is 0 Å². The lowest BCUT2D eigenvalue weighted by molar-refractivity contribution is 0.310. The number of rotatable bonds is 8. The molecule has 0 radical (unpaired) electrons. The van der Waals surface area contributed by atoms with E-state index in [9.17, 15) is 0 Å². The highest BCUT2D eigenvalue weighted by Gasteiger charge is 2.14. The van der Waals surface area contributed by atoms with Crippen LogP contribution in [0.25, 0.3) is 0 Å². The molecule has 126 valence electrons. The van der Waals surface area contributed by atoms with Crippen molar-refractivity contribution in [3.8, 4) is 0 Å². The molecule has 0 fully saturated rings. The standard InChI is InChI=1S/C17H27N5S/c1-4-18-17(19-9-12-22-10-5-6-11-22)20-14-15(21(2)3)16-8-7-13-23-16/h5-8,10-11,13,15H,4,9,12,14H2,1-3H3,(H2,18,19,20). The molecule has 5 nitrogen and oxygen atoms in total. The Balaban J connectivity index is 1.91. The van der Waals surface area contributed by atoms with E-state index in [1.807, 2.05) is 12.1 Å². The van der Waals surface area contributed by atoms with Crippen LogP contribution in [-0.2, 0) is 6.54 Å². The number of hydrogen-bond acceptors (Lipinski definition) is 3. The van der Waals surface area contributed by atoms with E-state index in [2.05, 4.69) is 71.0 Å². The normalized spacial score (nSPS) is 13.3. The van der Waals surface area contributed by atoms with Crippen LogP contribution < -0.4 is 10.6 Å². The molecule has 0 spiro atoms. The Kier molecular flexibility index (Phi) is 7.16. The number of hydrogen-bond donors (Lipinski definition) is 2. The van der Waals surface area contributed by atoms with Crippen molar-refractivity contribution in [3.05, 3.63) is 46.9 Å². The van der Waals surface area contributed by atoms with E-state index >= 15 is 0 Å². The first-order chi connectivity index (χ1) is 11.2. The van der Waals surface area contributed by atoms with Crippen molar-refractivity contribution in [1.82, 2.24) is 20.1 Å². The van der Waals surface area contributed by atoms with Crippen LogP contribution in [0.3, 0.4) is 0 Å². The van der Waals surface area contributed by atoms with Crippen LogP contribution in [0.5, 0.6) is 0 Å². The molecule has 2 heterocycles. The lowest BCUT2D eigenvalue weighted by Gasteiger charge is -2.22. The third-order valence-electron chi connectivity index (χ3n) is 3.59. The number of guanidine groups is 1. The third-order valence-corrected chi connectivity index (χ3v) is 4.56. The van der Waals surface area contributed by atoms with Gasteiger partial charge in [0.2, 0.25) is 0 Å². The molecule has 1 unspecified atom stereocenters. The SMILES string of the molecule is CCNC(=NCC(c1cccs1)N(C)C)NCCn1cccc1. The average molecular weight is 334 g/mol. The predicted molar refractivity (Wildman–Crippen MR) is 99.2 cm³/mol. The highest BCUT2D eigenvalue weighted by Crippen LogP contribution is 2.23. The van der Waals surface area contributed by atoms with Crippen LogP contribution in [0.1, 0.15) is 17.8 Å². The molecule has 2 rings (SSSR count). The van der Waals surface area contributed by atoms with Crippen molar-refractivity contribution in [2.24, 2.45) is 4.99 Å². The van der Waals surface area contributed by atoms with Crippen molar-refractivity contribution < 1.29 is 0 Å². The van der Waals surface area contributed by atoms with Gasteiger partial charge >= 0.3 is 0 Å². The van der Waals surface area contributed by atoms with E-state index in [0.717, 1.165) is 32.1 Å². The molecule has 0 aliphatic rings. The van der Waals surface area contributed by atoms with E-state index < -0.39 is 0 Å². The van der Waals surface area contributed by atoms with E-state index in [-0.39, 0.29) is 0 Å². The molecule has 0 amide bonds. The molecule has 0 aromatic carbocycles. The maximum absolute atomic E-state index is 4.76. The number of thiophene rings is 1. The van der Waals surface area contributed by atoms with Gasteiger partial charge < -0.3 is 20.1 Å². The third kappa shape index (κ3) is 5.73. The van der Waals surface area contributed by atoms with Gasteiger partial charge in [-0.2, -0.15) is 0 Å². The summed E-state index contributed by atoms with van der Waals surface area (Å²) in [6, 6.07) is 8.68. The summed E-state index contributed by atoms with van der Waals surface area (Å²) >= 11 is 1.79. The molecular formula is C17H27N5S. The van der Waals surface area contributed by atoms with Crippen molar-refractivity contribution in [2.45, 2.75) is 19.5 Å². The lowest BCUT2D eigenvalue weighted by Crippen LogP contribution is -2.39. The minimum atomic E-state index is 0.315. The first kappa shape index (κ1) is 17.6. The molecule has 6 heteroatoms. The first-order valence-electron chi connectivity index (χ1n) is 8.03. The summed E-state index contributed by atoms with van der Waals surface area (Å²) < 4.78 is 2.16. The molecular weight excluding hydrogens is 306 g/mol.